The van der Waals surface area contributed by atoms with Gasteiger partial charge in [-0.15, -0.1) is 11.3 Å². The molecule has 1 fully saturated rings. The van der Waals surface area contributed by atoms with Crippen molar-refractivity contribution in [2.45, 2.75) is 6.42 Å². The lowest BCUT2D eigenvalue weighted by Gasteiger charge is -2.39. The van der Waals surface area contributed by atoms with Gasteiger partial charge in [-0.25, -0.2) is 14.8 Å². The van der Waals surface area contributed by atoms with E-state index in [1.54, 1.807) is 29.9 Å². The molecule has 0 radical (unpaired) electrons. The zero-order chi connectivity index (χ0) is 22.2. The largest absolute Gasteiger partial charge is 0.477 e. The van der Waals surface area contributed by atoms with Crippen LogP contribution in [0.2, 0.25) is 0 Å². The highest BCUT2D eigenvalue weighted by Gasteiger charge is 2.33. The van der Waals surface area contributed by atoms with Gasteiger partial charge in [0.1, 0.15) is 17.2 Å². The molecule has 0 bridgehead atoms. The third kappa shape index (κ3) is 3.54. The summed E-state index contributed by atoms with van der Waals surface area (Å²) in [5, 5.41) is 11.9. The van der Waals surface area contributed by atoms with Gasteiger partial charge in [0.2, 0.25) is 5.43 Å². The SMILES string of the molecule is O=C(O)c1cn(-c2nccs2)c2nc(N3CC(C(=O)Cc4ccccn4)C3)ccc2c1=O. The molecule has 0 aliphatic carbocycles. The lowest BCUT2D eigenvalue weighted by atomic mass is 9.92. The van der Waals surface area contributed by atoms with Crippen molar-refractivity contribution in [2.75, 3.05) is 18.0 Å². The molecule has 0 amide bonds. The van der Waals surface area contributed by atoms with Crippen molar-refractivity contribution in [2.24, 2.45) is 5.92 Å². The van der Waals surface area contributed by atoms with E-state index in [2.05, 4.69) is 15.0 Å². The number of carboxylic acids is 1. The molecule has 0 saturated carbocycles. The molecule has 5 heterocycles. The van der Waals surface area contributed by atoms with Gasteiger partial charge in [0.25, 0.3) is 0 Å². The van der Waals surface area contributed by atoms with Gasteiger partial charge >= 0.3 is 5.97 Å². The number of nitrogens with zero attached hydrogens (tertiary/aromatic N) is 5. The number of hydrogen-bond donors (Lipinski definition) is 1. The molecule has 0 atom stereocenters. The summed E-state index contributed by atoms with van der Waals surface area (Å²) in [6.07, 6.45) is 4.83. The average molecular weight is 447 g/mol. The summed E-state index contributed by atoms with van der Waals surface area (Å²) in [5.41, 5.74) is 0.148. The number of carboxylic acid groups (broad SMARTS) is 1. The van der Waals surface area contributed by atoms with Crippen molar-refractivity contribution in [3.63, 3.8) is 0 Å². The number of carbonyl (C=O) groups is 2. The van der Waals surface area contributed by atoms with Crippen LogP contribution in [0.15, 0.2) is 59.1 Å². The summed E-state index contributed by atoms with van der Waals surface area (Å²) >= 11 is 1.31. The molecular formula is C22H17N5O4S. The normalized spacial score (nSPS) is 13.8. The van der Waals surface area contributed by atoms with Crippen LogP contribution in [0.4, 0.5) is 5.82 Å². The molecule has 1 N–H and O–H groups in total. The van der Waals surface area contributed by atoms with Gasteiger partial charge in [-0.3, -0.25) is 19.1 Å². The summed E-state index contributed by atoms with van der Waals surface area (Å²) in [6.45, 7) is 1.05. The first-order chi connectivity index (χ1) is 15.5. The van der Waals surface area contributed by atoms with E-state index >= 15 is 0 Å². The minimum atomic E-state index is -1.30. The molecule has 0 aromatic carbocycles. The predicted octanol–water partition coefficient (Wildman–Crippen LogP) is 2.18. The Labute approximate surface area is 185 Å². The Morgan fingerprint density at radius 3 is 2.66 bits per heavy atom. The fourth-order valence-corrected chi connectivity index (χ4v) is 4.32. The van der Waals surface area contributed by atoms with E-state index in [4.69, 9.17) is 0 Å². The monoisotopic (exact) mass is 447 g/mol. The number of pyridine rings is 3. The lowest BCUT2D eigenvalue weighted by molar-refractivity contribution is -0.123. The number of aromatic carboxylic acids is 1. The molecular weight excluding hydrogens is 430 g/mol. The first-order valence-corrected chi connectivity index (χ1v) is 10.8. The van der Waals surface area contributed by atoms with Gasteiger partial charge in [-0.05, 0) is 24.3 Å². The van der Waals surface area contributed by atoms with Crippen LogP contribution in [0.25, 0.3) is 16.2 Å². The van der Waals surface area contributed by atoms with Crippen LogP contribution in [0, 0.1) is 5.92 Å². The van der Waals surface area contributed by atoms with Crippen molar-refractivity contribution in [3.8, 4) is 5.13 Å². The molecule has 1 aliphatic heterocycles. The van der Waals surface area contributed by atoms with Gasteiger partial charge in [-0.1, -0.05) is 6.07 Å². The van der Waals surface area contributed by atoms with Crippen LogP contribution in [0.1, 0.15) is 16.1 Å². The van der Waals surface area contributed by atoms with Gasteiger partial charge in [0.15, 0.2) is 10.8 Å². The number of thiazole rings is 1. The molecule has 0 unspecified atom stereocenters. The second-order valence-corrected chi connectivity index (χ2v) is 8.34. The highest BCUT2D eigenvalue weighted by atomic mass is 32.1. The number of anilines is 1. The number of aromatic nitrogens is 4. The van der Waals surface area contributed by atoms with Crippen molar-refractivity contribution >= 4 is 39.9 Å². The van der Waals surface area contributed by atoms with E-state index in [9.17, 15) is 19.5 Å². The maximum atomic E-state index is 12.7. The van der Waals surface area contributed by atoms with E-state index in [1.807, 2.05) is 23.1 Å². The quantitative estimate of drug-likeness (QED) is 0.478. The third-order valence-corrected chi connectivity index (χ3v) is 6.20. The minimum absolute atomic E-state index is 0.106. The van der Waals surface area contributed by atoms with Crippen LogP contribution in [-0.2, 0) is 11.2 Å². The molecule has 0 spiro atoms. The number of hydrogen-bond acceptors (Lipinski definition) is 8. The smallest absolute Gasteiger partial charge is 0.341 e. The number of rotatable bonds is 6. The number of Topliss-reactive ketones (excluding diaryl/α,β-unsaturated/α-hetero) is 1. The molecule has 4 aromatic rings. The summed E-state index contributed by atoms with van der Waals surface area (Å²) in [7, 11) is 0. The van der Waals surface area contributed by atoms with Crippen molar-refractivity contribution in [1.29, 1.82) is 0 Å². The number of ketones is 1. The lowest BCUT2D eigenvalue weighted by Crippen LogP contribution is -2.51. The van der Waals surface area contributed by atoms with E-state index in [0.717, 1.165) is 5.69 Å². The second-order valence-electron chi connectivity index (χ2n) is 7.47. The van der Waals surface area contributed by atoms with E-state index in [-0.39, 0.29) is 22.7 Å². The standard InChI is InChI=1S/C22H17N5O4S/c28-17(9-14-3-1-2-6-23-14)13-10-26(11-13)18-5-4-15-19(29)16(21(30)31)12-27(20(15)25-18)22-24-7-8-32-22/h1-8,12-13H,9-11H2,(H,30,31). The van der Waals surface area contributed by atoms with Crippen molar-refractivity contribution in [1.82, 2.24) is 19.5 Å². The average Bonchev–Trinajstić information content (AvgIpc) is 3.28. The predicted molar refractivity (Wildman–Crippen MR) is 119 cm³/mol. The topological polar surface area (TPSA) is 118 Å². The van der Waals surface area contributed by atoms with E-state index in [1.165, 1.54) is 22.1 Å². The van der Waals surface area contributed by atoms with Gasteiger partial charge < -0.3 is 10.0 Å². The summed E-state index contributed by atoms with van der Waals surface area (Å²) in [6, 6.07) is 8.78. The second kappa shape index (κ2) is 7.97. The molecule has 9 nitrogen and oxygen atoms in total. The maximum Gasteiger partial charge on any atom is 0.341 e. The van der Waals surface area contributed by atoms with Crippen LogP contribution in [-0.4, -0.2) is 49.5 Å². The number of fused-ring (bicyclic) bond motifs is 1. The molecule has 1 aliphatic rings. The molecule has 32 heavy (non-hydrogen) atoms. The number of carbonyl (C=O) groups excluding carboxylic acids is 1. The molecule has 10 heteroatoms. The highest BCUT2D eigenvalue weighted by Crippen LogP contribution is 2.27. The van der Waals surface area contributed by atoms with Crippen molar-refractivity contribution < 1.29 is 14.7 Å². The zero-order valence-electron chi connectivity index (χ0n) is 16.7. The van der Waals surface area contributed by atoms with Crippen LogP contribution in [0.3, 0.4) is 0 Å². The Kier molecular flexibility index (Phi) is 4.98. The Hall–Kier alpha value is -3.92. The highest BCUT2D eigenvalue weighted by molar-refractivity contribution is 7.12. The third-order valence-electron chi connectivity index (χ3n) is 5.43. The first kappa shape index (κ1) is 20.0. The van der Waals surface area contributed by atoms with Crippen LogP contribution >= 0.6 is 11.3 Å². The molecule has 4 aromatic heterocycles. The Morgan fingerprint density at radius 2 is 1.97 bits per heavy atom. The first-order valence-electron chi connectivity index (χ1n) is 9.88. The summed E-state index contributed by atoms with van der Waals surface area (Å²) in [5.74, 6) is -0.660. The Morgan fingerprint density at radius 1 is 1.12 bits per heavy atom. The molecule has 5 rings (SSSR count). The zero-order valence-corrected chi connectivity index (χ0v) is 17.5. The fraction of sp³-hybridized carbons (Fsp3) is 0.182. The van der Waals surface area contributed by atoms with Crippen LogP contribution in [0.5, 0.6) is 0 Å². The van der Waals surface area contributed by atoms with Crippen LogP contribution < -0.4 is 10.3 Å². The van der Waals surface area contributed by atoms with E-state index < -0.39 is 11.4 Å². The molecule has 160 valence electrons. The summed E-state index contributed by atoms with van der Waals surface area (Å²) < 4.78 is 1.53. The van der Waals surface area contributed by atoms with E-state index in [0.29, 0.717) is 36.1 Å². The molecule has 1 saturated heterocycles. The summed E-state index contributed by atoms with van der Waals surface area (Å²) in [4.78, 5) is 51.8. The Balaban J connectivity index is 1.43. The maximum absolute atomic E-state index is 12.7. The van der Waals surface area contributed by atoms with Gasteiger partial charge in [0, 0.05) is 49.2 Å². The van der Waals surface area contributed by atoms with Gasteiger partial charge in [0.05, 0.1) is 11.3 Å². The van der Waals surface area contributed by atoms with Gasteiger partial charge in [-0.2, -0.15) is 0 Å². The Bertz CT molecular complexity index is 1380. The fourth-order valence-electron chi connectivity index (χ4n) is 3.70. The minimum Gasteiger partial charge on any atom is -0.477 e. The van der Waals surface area contributed by atoms with Crippen molar-refractivity contribution in [3.05, 3.63) is 75.8 Å².